The van der Waals surface area contributed by atoms with Gasteiger partial charge in [-0.05, 0) is 84.2 Å². The lowest BCUT2D eigenvalue weighted by Gasteiger charge is -2.42. The van der Waals surface area contributed by atoms with Gasteiger partial charge in [0.25, 0.3) is 0 Å². The van der Waals surface area contributed by atoms with Gasteiger partial charge >= 0.3 is 30.3 Å². The molecule has 540 valence electrons. The molecule has 0 radical (unpaired) electrons. The third kappa shape index (κ3) is 17.3. The van der Waals surface area contributed by atoms with Gasteiger partial charge in [0.15, 0.2) is 47.5 Å². The molecule has 2 saturated heterocycles. The van der Waals surface area contributed by atoms with Gasteiger partial charge in [-0.25, -0.2) is 33.9 Å². The predicted octanol–water partition coefficient (Wildman–Crippen LogP) is 6.12. The van der Waals surface area contributed by atoms with E-state index in [0.717, 1.165) is 66.5 Å². The fourth-order valence-electron chi connectivity index (χ4n) is 12.6. The highest BCUT2D eigenvalue weighted by Gasteiger charge is 2.48. The van der Waals surface area contributed by atoms with E-state index in [0.29, 0.717) is 78.2 Å². The number of piperidine rings is 1. The van der Waals surface area contributed by atoms with Crippen molar-refractivity contribution in [2.45, 2.75) is 127 Å². The number of carbonyl (C=O) groups excluding carboxylic acids is 6. The van der Waals surface area contributed by atoms with Gasteiger partial charge in [-0.1, -0.05) is 45.1 Å². The average Bonchev–Trinajstić information content (AvgIpc) is 1.68. The summed E-state index contributed by atoms with van der Waals surface area (Å²) >= 11 is 0. The molecule has 5 N–H and O–H groups in total. The van der Waals surface area contributed by atoms with Crippen molar-refractivity contribution in [1.29, 1.82) is 5.26 Å². The number of nitriles is 1. The lowest BCUT2D eigenvalue weighted by Crippen LogP contribution is -2.61. The van der Waals surface area contributed by atoms with Gasteiger partial charge in [-0.3, -0.25) is 14.2 Å². The molecule has 0 spiro atoms. The van der Waals surface area contributed by atoms with Crippen LogP contribution in [0.2, 0.25) is 0 Å². The summed E-state index contributed by atoms with van der Waals surface area (Å²) in [5.74, 6) is 0.521. The summed E-state index contributed by atoms with van der Waals surface area (Å²) in [5, 5.41) is 55.2. The van der Waals surface area contributed by atoms with Crippen molar-refractivity contribution in [3.8, 4) is 46.1 Å². The Balaban J connectivity index is 0.644. The van der Waals surface area contributed by atoms with Crippen LogP contribution in [0.3, 0.4) is 0 Å². The molecule has 31 nitrogen and oxygen atoms in total. The molecule has 0 saturated carbocycles. The van der Waals surface area contributed by atoms with Gasteiger partial charge < -0.3 is 93.0 Å². The maximum absolute atomic E-state index is 13.9. The van der Waals surface area contributed by atoms with E-state index in [9.17, 15) is 54.0 Å². The van der Waals surface area contributed by atoms with Gasteiger partial charge in [-0.2, -0.15) is 9.83 Å². The van der Waals surface area contributed by atoms with Crippen LogP contribution in [0.1, 0.15) is 82.3 Å². The molecular weight excluding hydrogens is 1310 g/mol. The smallest absolute Gasteiger partial charge is 0.415 e. The second-order valence-corrected chi connectivity index (χ2v) is 25.8. The summed E-state index contributed by atoms with van der Waals surface area (Å²) in [6, 6.07) is 17.2. The number of fused-ring (bicyclic) bond motifs is 6. The average molecular weight is 1400 g/mol. The number of methoxy groups -OCH3 is 1. The minimum absolute atomic E-state index is 0.0412. The molecule has 7 heterocycles. The number of nitrogens with one attached hydrogen (secondary N) is 1. The van der Waals surface area contributed by atoms with E-state index >= 15 is 0 Å². The summed E-state index contributed by atoms with van der Waals surface area (Å²) in [6.07, 6.45) is -0.00200. The Hall–Kier alpha value is -10.3. The summed E-state index contributed by atoms with van der Waals surface area (Å²) in [5.41, 5.74) is 3.98. The van der Waals surface area contributed by atoms with Gasteiger partial charge in [0.2, 0.25) is 30.6 Å². The largest absolute Gasteiger partial charge is 0.493 e. The molecule has 6 amide bonds. The number of anilines is 2. The lowest BCUT2D eigenvalue weighted by atomic mass is 9.92. The number of pyridine rings is 1. The van der Waals surface area contributed by atoms with E-state index in [1.165, 1.54) is 62.9 Å². The number of carbonyl (C=O) groups is 7. The molecule has 6 aromatic rings. The van der Waals surface area contributed by atoms with Crippen molar-refractivity contribution < 1.29 is 96.4 Å². The van der Waals surface area contributed by atoms with Crippen LogP contribution in [-0.4, -0.2) is 233 Å². The molecule has 10 rings (SSSR count). The highest BCUT2D eigenvalue weighted by Crippen LogP contribution is 2.42. The Labute approximate surface area is 583 Å². The van der Waals surface area contributed by atoms with E-state index in [2.05, 4.69) is 32.8 Å². The fraction of sp³-hybridized carbons (Fsp3) is 0.500. The summed E-state index contributed by atoms with van der Waals surface area (Å²) in [7, 11) is 9.64. The molecule has 7 atom stereocenters. The molecule has 0 unspecified atom stereocenters. The van der Waals surface area contributed by atoms with Crippen LogP contribution in [0.4, 0.5) is 30.7 Å². The van der Waals surface area contributed by atoms with Crippen LogP contribution in [0, 0.1) is 17.2 Å². The number of amides is 6. The quantitative estimate of drug-likeness (QED) is 0.0286. The number of hydrogen-bond acceptors (Lipinski definition) is 22. The number of aromatic nitrogens is 4. The number of benzene rings is 3. The molecule has 4 aliphatic rings. The number of aryl methyl sites for hydroxylation is 2. The Morgan fingerprint density at radius 1 is 0.772 bits per heavy atom. The number of ether oxygens (including phenoxy) is 8. The van der Waals surface area contributed by atoms with Crippen LogP contribution in [0.5, 0.6) is 28.7 Å². The Morgan fingerprint density at radius 3 is 2.18 bits per heavy atom. The number of aliphatic carboxylic acids is 1. The first kappa shape index (κ1) is 73.4. The van der Waals surface area contributed by atoms with E-state index in [1.807, 2.05) is 42.4 Å². The van der Waals surface area contributed by atoms with Crippen molar-refractivity contribution in [2.24, 2.45) is 5.92 Å². The Morgan fingerprint density at radius 2 is 1.46 bits per heavy atom. The Kier molecular flexibility index (Phi) is 24.2. The maximum Gasteiger partial charge on any atom is 0.415 e. The molecule has 0 bridgehead atoms. The van der Waals surface area contributed by atoms with Crippen LogP contribution in [0.25, 0.3) is 33.1 Å². The van der Waals surface area contributed by atoms with Gasteiger partial charge in [0, 0.05) is 99.6 Å². The van der Waals surface area contributed by atoms with Gasteiger partial charge in [0.1, 0.15) is 49.2 Å². The number of unbranched alkanes of at least 4 members (excludes halogenated alkanes) is 6. The molecule has 4 aliphatic heterocycles. The lowest BCUT2D eigenvalue weighted by molar-refractivity contribution is -0.686. The van der Waals surface area contributed by atoms with Crippen LogP contribution >= 0.6 is 0 Å². The molecule has 101 heavy (non-hydrogen) atoms. The topological polar surface area (TPSA) is 364 Å². The Bertz CT molecular complexity index is 4070. The summed E-state index contributed by atoms with van der Waals surface area (Å²) in [4.78, 5) is 110. The number of carboxylic acid groups (broad SMARTS) is 1. The molecule has 3 aromatic heterocycles. The molecule has 0 aliphatic carbocycles. The molecule has 31 heteroatoms. The second kappa shape index (κ2) is 33.3. The summed E-state index contributed by atoms with van der Waals surface area (Å²) < 4.78 is 48.8. The van der Waals surface area contributed by atoms with Crippen molar-refractivity contribution in [2.75, 3.05) is 105 Å². The number of aliphatic hydroxyl groups is 3. The minimum Gasteiger partial charge on any atom is -0.493 e. The molecular formula is C70H87N12O19+. The first-order valence-electron chi connectivity index (χ1n) is 33.7. The van der Waals surface area contributed by atoms with Crippen LogP contribution < -0.4 is 38.5 Å². The third-order valence-corrected chi connectivity index (χ3v) is 18.8. The van der Waals surface area contributed by atoms with E-state index in [-0.39, 0.29) is 94.1 Å². The number of hydrogen-bond donors (Lipinski definition) is 5. The number of aliphatic hydroxyl groups excluding tert-OH is 3. The number of nitrogens with zero attached hydrogens (tertiary/aromatic N) is 11. The standard InChI is InChI=1S/C70H86N12O19/c1-42-21-25-81(57(84)20-24-71)38-51(42)79(6)63-46-23-27-82(64(46)73-40-72-63)67(90)75(2)28-29-77(4)69(92)96-39-43-16-18-52(99-66-60(87)58(85)59(86)62(100-66)65(88)89)49(33-43)74-56(83)15-13-11-9-8-10-12-14-32-95-68(91)76(3)30-31-78(5)70(93)101-61-48-37-80-26-22-45-35-54-55(98-41-97-54)36-47(45)50(80)34-44(48)17-19-53(61)94-7/h16-19,23,27,33-37,40,42,51,58-60,62,66,85-87H,8-15,20-22,25-26,28-32,38-39,41H2,1-7H3,(H-,74,83,88,89)/p+1/t42-,51+,58-,59-,60+,62-,66+/m0/s1. The predicted molar refractivity (Wildman–Crippen MR) is 362 cm³/mol. The maximum atomic E-state index is 13.9. The van der Waals surface area contributed by atoms with Crippen molar-refractivity contribution in [3.63, 3.8) is 0 Å². The fourth-order valence-corrected chi connectivity index (χ4v) is 12.6. The molecule has 2 fully saturated rings. The van der Waals surface area contributed by atoms with E-state index in [4.69, 9.17) is 43.2 Å². The van der Waals surface area contributed by atoms with E-state index < -0.39 is 66.9 Å². The van der Waals surface area contributed by atoms with Crippen molar-refractivity contribution in [1.82, 2.24) is 39.0 Å². The van der Waals surface area contributed by atoms with Crippen molar-refractivity contribution >= 4 is 75.4 Å². The number of likely N-dealkylation sites (tertiary alicyclic amines) is 1. The highest BCUT2D eigenvalue weighted by atomic mass is 16.7. The monoisotopic (exact) mass is 1400 g/mol. The summed E-state index contributed by atoms with van der Waals surface area (Å²) in [6.45, 7) is 4.34. The number of likely N-dealkylation sites (N-methyl/N-ethyl adjacent to an activating group) is 5. The van der Waals surface area contributed by atoms with Crippen LogP contribution in [-0.2, 0) is 48.2 Å². The zero-order valence-corrected chi connectivity index (χ0v) is 57.7. The van der Waals surface area contributed by atoms with Crippen LogP contribution in [0.15, 0.2) is 73.3 Å². The number of carboxylic acids is 1. The van der Waals surface area contributed by atoms with E-state index in [1.54, 1.807) is 44.4 Å². The normalized spacial score (nSPS) is 18.9. The first-order valence-corrected chi connectivity index (χ1v) is 33.7. The zero-order valence-electron chi connectivity index (χ0n) is 57.7. The third-order valence-electron chi connectivity index (χ3n) is 18.8. The van der Waals surface area contributed by atoms with Crippen molar-refractivity contribution in [3.05, 3.63) is 84.4 Å². The van der Waals surface area contributed by atoms with Gasteiger partial charge in [0.05, 0.1) is 47.9 Å². The SMILES string of the molecule is COc1ccc2cc3[n+](cc2c1OC(=O)N(C)CCN(C)C(=O)OCCCCCCCCCC(=O)Nc1cc(COC(=O)N(C)CCN(C)C(=O)n2ccc4c(N(C)[C@@H]5CN(C(=O)CC#N)CC[C@@H]5C)ncnc42)ccc1O[C@@H]1O[C@H](C(=O)O)[C@@H](O)[C@H](O)[C@H]1O)CCc1cc2c(cc1-3)OCO2. The highest BCUT2D eigenvalue weighted by molar-refractivity contribution is 5.96. The second-order valence-electron chi connectivity index (χ2n) is 25.8. The number of rotatable bonds is 27. The van der Waals surface area contributed by atoms with Gasteiger partial charge in [-0.15, -0.1) is 0 Å². The zero-order chi connectivity index (χ0) is 72.2. The minimum atomic E-state index is -1.98. The first-order chi connectivity index (χ1) is 48.5. The molecule has 3 aromatic carbocycles.